The van der Waals surface area contributed by atoms with Gasteiger partial charge in [-0.3, -0.25) is 4.90 Å². The zero-order chi connectivity index (χ0) is 17.4. The van der Waals surface area contributed by atoms with E-state index in [-0.39, 0.29) is 0 Å². The highest BCUT2D eigenvalue weighted by Crippen LogP contribution is 2.26. The number of piperidine rings is 1. The average molecular weight is 343 g/mol. The molecule has 0 aliphatic carbocycles. The predicted molar refractivity (Wildman–Crippen MR) is 99.5 cm³/mol. The number of nitrogens with zero attached hydrogens (tertiary/aromatic N) is 5. The van der Waals surface area contributed by atoms with Crippen molar-refractivity contribution in [3.63, 3.8) is 0 Å². The van der Waals surface area contributed by atoms with E-state index in [2.05, 4.69) is 41.2 Å². The van der Waals surface area contributed by atoms with Crippen LogP contribution in [0.1, 0.15) is 36.7 Å². The van der Waals surface area contributed by atoms with Crippen molar-refractivity contribution in [3.05, 3.63) is 23.0 Å². The molecule has 2 fully saturated rings. The van der Waals surface area contributed by atoms with Crippen molar-refractivity contribution in [2.24, 2.45) is 0 Å². The molecule has 4 rings (SSSR count). The fourth-order valence-corrected chi connectivity index (χ4v) is 4.07. The van der Waals surface area contributed by atoms with E-state index in [9.17, 15) is 0 Å². The number of aryl methyl sites for hydroxylation is 3. The summed E-state index contributed by atoms with van der Waals surface area (Å²) in [4.78, 5) is 9.92. The highest BCUT2D eigenvalue weighted by atomic mass is 16.5. The molecule has 0 amide bonds. The van der Waals surface area contributed by atoms with Crippen LogP contribution >= 0.6 is 0 Å². The molecule has 4 heterocycles. The molecule has 2 aliphatic heterocycles. The maximum Gasteiger partial charge on any atom is 0.160 e. The number of hydrogen-bond acceptors (Lipinski definition) is 5. The number of hydrogen-bond donors (Lipinski definition) is 0. The van der Waals surface area contributed by atoms with E-state index in [1.54, 1.807) is 0 Å². The minimum absolute atomic E-state index is 0.698. The number of ether oxygens (including phenoxy) is 1. The van der Waals surface area contributed by atoms with Crippen LogP contribution in [0.5, 0.6) is 0 Å². The largest absolute Gasteiger partial charge is 0.379 e. The van der Waals surface area contributed by atoms with E-state index in [0.717, 1.165) is 62.8 Å². The standard InChI is InChI=1S/C19H29N5O/c1-4-16-13-18(24-19(20-16)14(2)15(3)21-24)23-7-5-17(6-8-23)22-9-11-25-12-10-22/h13,17H,4-12H2,1-3H3. The molecule has 6 heteroatoms. The fraction of sp³-hybridized carbons (Fsp3) is 0.684. The van der Waals surface area contributed by atoms with Crippen molar-refractivity contribution in [1.29, 1.82) is 0 Å². The van der Waals surface area contributed by atoms with Crippen LogP contribution in [0.4, 0.5) is 5.82 Å². The Morgan fingerprint density at radius 3 is 2.52 bits per heavy atom. The van der Waals surface area contributed by atoms with Crippen LogP contribution in [-0.2, 0) is 11.2 Å². The Balaban J connectivity index is 1.57. The molecule has 2 saturated heterocycles. The quantitative estimate of drug-likeness (QED) is 0.855. The summed E-state index contributed by atoms with van der Waals surface area (Å²) >= 11 is 0. The molecule has 2 aromatic rings. The Morgan fingerprint density at radius 2 is 1.84 bits per heavy atom. The van der Waals surface area contributed by atoms with Gasteiger partial charge in [0.25, 0.3) is 0 Å². The fourth-order valence-electron chi connectivity index (χ4n) is 4.07. The van der Waals surface area contributed by atoms with Gasteiger partial charge < -0.3 is 9.64 Å². The summed E-state index contributed by atoms with van der Waals surface area (Å²) in [5.74, 6) is 1.21. The van der Waals surface area contributed by atoms with Gasteiger partial charge in [0.15, 0.2) is 5.65 Å². The van der Waals surface area contributed by atoms with Crippen LogP contribution in [0, 0.1) is 13.8 Å². The monoisotopic (exact) mass is 343 g/mol. The molecule has 0 N–H and O–H groups in total. The van der Waals surface area contributed by atoms with Gasteiger partial charge in [-0.15, -0.1) is 0 Å². The summed E-state index contributed by atoms with van der Waals surface area (Å²) in [6.45, 7) is 12.5. The lowest BCUT2D eigenvalue weighted by Crippen LogP contribution is -2.49. The van der Waals surface area contributed by atoms with Gasteiger partial charge in [0.2, 0.25) is 0 Å². The van der Waals surface area contributed by atoms with Crippen molar-refractivity contribution >= 4 is 11.5 Å². The molecule has 2 aliphatic rings. The first-order valence-electron chi connectivity index (χ1n) is 9.60. The van der Waals surface area contributed by atoms with Gasteiger partial charge in [-0.05, 0) is 33.1 Å². The van der Waals surface area contributed by atoms with Gasteiger partial charge in [0.1, 0.15) is 5.82 Å². The van der Waals surface area contributed by atoms with Crippen LogP contribution in [0.15, 0.2) is 6.07 Å². The van der Waals surface area contributed by atoms with Crippen molar-refractivity contribution in [2.75, 3.05) is 44.3 Å². The molecule has 0 radical (unpaired) electrons. The van der Waals surface area contributed by atoms with Crippen LogP contribution < -0.4 is 4.90 Å². The van der Waals surface area contributed by atoms with Crippen molar-refractivity contribution in [2.45, 2.75) is 46.1 Å². The van der Waals surface area contributed by atoms with E-state index in [4.69, 9.17) is 14.8 Å². The third-order valence-electron chi connectivity index (χ3n) is 5.80. The Hall–Kier alpha value is -1.66. The summed E-state index contributed by atoms with van der Waals surface area (Å²) in [5, 5.41) is 4.76. The summed E-state index contributed by atoms with van der Waals surface area (Å²) < 4.78 is 7.55. The topological polar surface area (TPSA) is 45.9 Å². The first-order chi connectivity index (χ1) is 12.2. The molecule has 6 nitrogen and oxygen atoms in total. The summed E-state index contributed by atoms with van der Waals surface area (Å²) in [7, 11) is 0. The molecule has 2 aromatic heterocycles. The molecule has 0 spiro atoms. The van der Waals surface area contributed by atoms with E-state index in [0.29, 0.717) is 6.04 Å². The van der Waals surface area contributed by atoms with Gasteiger partial charge >= 0.3 is 0 Å². The molecular weight excluding hydrogens is 314 g/mol. The smallest absolute Gasteiger partial charge is 0.160 e. The van der Waals surface area contributed by atoms with Crippen molar-refractivity contribution < 1.29 is 4.74 Å². The lowest BCUT2D eigenvalue weighted by Gasteiger charge is -2.40. The first-order valence-corrected chi connectivity index (χ1v) is 9.60. The van der Waals surface area contributed by atoms with Crippen LogP contribution in [0.25, 0.3) is 5.65 Å². The zero-order valence-electron chi connectivity index (χ0n) is 15.7. The molecule has 0 unspecified atom stereocenters. The van der Waals surface area contributed by atoms with Crippen LogP contribution in [-0.4, -0.2) is 64.9 Å². The number of aromatic nitrogens is 3. The molecule has 0 aromatic carbocycles. The highest BCUT2D eigenvalue weighted by Gasteiger charge is 2.27. The average Bonchev–Trinajstić information content (AvgIpc) is 2.96. The minimum atomic E-state index is 0.698. The van der Waals surface area contributed by atoms with E-state index in [1.165, 1.54) is 24.2 Å². The van der Waals surface area contributed by atoms with Gasteiger partial charge in [0, 0.05) is 49.5 Å². The summed E-state index contributed by atoms with van der Waals surface area (Å²) in [6.07, 6.45) is 3.38. The Labute approximate surface area is 149 Å². The third-order valence-corrected chi connectivity index (χ3v) is 5.80. The number of morpholine rings is 1. The lowest BCUT2D eigenvalue weighted by molar-refractivity contribution is 0.0114. The Morgan fingerprint density at radius 1 is 1.12 bits per heavy atom. The van der Waals surface area contributed by atoms with Gasteiger partial charge in [-0.1, -0.05) is 6.92 Å². The first kappa shape index (κ1) is 16.8. The molecule has 0 atom stereocenters. The third kappa shape index (κ3) is 3.13. The molecule has 136 valence electrons. The lowest BCUT2D eigenvalue weighted by atomic mass is 10.0. The maximum atomic E-state index is 5.50. The Kier molecular flexibility index (Phi) is 4.65. The van der Waals surface area contributed by atoms with Gasteiger partial charge in [-0.25, -0.2) is 4.98 Å². The van der Waals surface area contributed by atoms with Crippen LogP contribution in [0.2, 0.25) is 0 Å². The maximum absolute atomic E-state index is 5.50. The molecular formula is C19H29N5O. The second-order valence-electron chi connectivity index (χ2n) is 7.27. The molecule has 0 bridgehead atoms. The number of anilines is 1. The van der Waals surface area contributed by atoms with E-state index >= 15 is 0 Å². The minimum Gasteiger partial charge on any atom is -0.379 e. The van der Waals surface area contributed by atoms with Crippen molar-refractivity contribution in [1.82, 2.24) is 19.5 Å². The Bertz CT molecular complexity index is 742. The van der Waals surface area contributed by atoms with E-state index < -0.39 is 0 Å². The molecule has 0 saturated carbocycles. The highest BCUT2D eigenvalue weighted by molar-refractivity contribution is 5.57. The number of fused-ring (bicyclic) bond motifs is 1. The van der Waals surface area contributed by atoms with E-state index in [1.807, 2.05) is 0 Å². The van der Waals surface area contributed by atoms with Gasteiger partial charge in [-0.2, -0.15) is 9.61 Å². The second-order valence-corrected chi connectivity index (χ2v) is 7.27. The normalized spacial score (nSPS) is 20.5. The predicted octanol–water partition coefficient (Wildman–Crippen LogP) is 2.21. The summed E-state index contributed by atoms with van der Waals surface area (Å²) in [6, 6.07) is 2.93. The van der Waals surface area contributed by atoms with Crippen molar-refractivity contribution in [3.8, 4) is 0 Å². The van der Waals surface area contributed by atoms with Crippen LogP contribution in [0.3, 0.4) is 0 Å². The second kappa shape index (κ2) is 6.92. The number of rotatable bonds is 3. The SMILES string of the molecule is CCc1cc(N2CCC(N3CCOCC3)CC2)n2nc(C)c(C)c2n1. The van der Waals surface area contributed by atoms with Gasteiger partial charge in [0.05, 0.1) is 18.9 Å². The molecule has 25 heavy (non-hydrogen) atoms. The summed E-state index contributed by atoms with van der Waals surface area (Å²) in [5.41, 5.74) is 4.44. The zero-order valence-corrected chi connectivity index (χ0v) is 15.7.